The largest absolute Gasteiger partial charge is 0.348 e. The molecule has 0 bridgehead atoms. The topological polar surface area (TPSA) is 63.1 Å². The molecule has 1 fully saturated rings. The number of hydrogen-bond donors (Lipinski definition) is 1. The Hall–Kier alpha value is -2.21. The van der Waals surface area contributed by atoms with Gasteiger partial charge in [-0.1, -0.05) is 37.3 Å². The minimum atomic E-state index is 0.0595. The van der Waals surface area contributed by atoms with Gasteiger partial charge in [-0.05, 0) is 43.8 Å². The average Bonchev–Trinajstić information content (AvgIpc) is 3.09. The first-order valence-electron chi connectivity index (χ1n) is 9.17. The van der Waals surface area contributed by atoms with E-state index in [-0.39, 0.29) is 5.91 Å². The highest BCUT2D eigenvalue weighted by Crippen LogP contribution is 2.27. The second-order valence-corrected chi connectivity index (χ2v) is 6.68. The smallest absolute Gasteiger partial charge is 0.234 e. The lowest BCUT2D eigenvalue weighted by atomic mass is 9.89. The normalized spacial score (nSPS) is 16.0. The van der Waals surface area contributed by atoms with Crippen LogP contribution in [0.25, 0.3) is 0 Å². The van der Waals surface area contributed by atoms with Crippen LogP contribution in [0.1, 0.15) is 43.5 Å². The lowest BCUT2D eigenvalue weighted by Crippen LogP contribution is -2.41. The highest BCUT2D eigenvalue weighted by atomic mass is 16.2. The summed E-state index contributed by atoms with van der Waals surface area (Å²) in [6.07, 6.45) is 4.97. The summed E-state index contributed by atoms with van der Waals surface area (Å²) in [5.74, 6) is 1.50. The summed E-state index contributed by atoms with van der Waals surface area (Å²) in [4.78, 5) is 14.5. The van der Waals surface area contributed by atoms with E-state index in [1.165, 1.54) is 5.56 Å². The minimum Gasteiger partial charge on any atom is -0.348 e. The number of carbonyl (C=O) groups excluding carboxylic acids is 1. The fourth-order valence-electron chi connectivity index (χ4n) is 3.43. The highest BCUT2D eigenvalue weighted by Gasteiger charge is 2.21. The van der Waals surface area contributed by atoms with Crippen molar-refractivity contribution in [2.75, 3.05) is 19.6 Å². The predicted octanol–water partition coefficient (Wildman–Crippen LogP) is 2.18. The van der Waals surface area contributed by atoms with Crippen LogP contribution in [0, 0.1) is 0 Å². The Morgan fingerprint density at radius 3 is 2.72 bits per heavy atom. The van der Waals surface area contributed by atoms with Crippen molar-refractivity contribution in [2.24, 2.45) is 0 Å². The van der Waals surface area contributed by atoms with Gasteiger partial charge in [-0.3, -0.25) is 9.69 Å². The molecule has 0 unspecified atom stereocenters. The first-order valence-corrected chi connectivity index (χ1v) is 9.17. The molecule has 1 saturated heterocycles. The molecule has 1 N–H and O–H groups in total. The van der Waals surface area contributed by atoms with E-state index in [4.69, 9.17) is 0 Å². The van der Waals surface area contributed by atoms with Gasteiger partial charge >= 0.3 is 0 Å². The SMILES string of the molecule is CCCn1cnnc1CNC(=O)CN1CCC(c2ccccc2)CC1. The molecule has 1 aromatic carbocycles. The number of carbonyl (C=O) groups is 1. The fraction of sp³-hybridized carbons (Fsp3) is 0.526. The van der Waals surface area contributed by atoms with Crippen LogP contribution < -0.4 is 5.32 Å². The molecule has 25 heavy (non-hydrogen) atoms. The Balaban J connectivity index is 1.41. The van der Waals surface area contributed by atoms with E-state index in [2.05, 4.69) is 57.7 Å². The summed E-state index contributed by atoms with van der Waals surface area (Å²) in [6.45, 7) is 5.84. The summed E-state index contributed by atoms with van der Waals surface area (Å²) in [5, 5.41) is 11.0. The summed E-state index contributed by atoms with van der Waals surface area (Å²) in [6, 6.07) is 10.7. The predicted molar refractivity (Wildman–Crippen MR) is 97.0 cm³/mol. The number of hydrogen-bond acceptors (Lipinski definition) is 4. The van der Waals surface area contributed by atoms with Crippen molar-refractivity contribution in [1.29, 1.82) is 0 Å². The second kappa shape index (κ2) is 8.76. The van der Waals surface area contributed by atoms with Crippen LogP contribution in [0.2, 0.25) is 0 Å². The van der Waals surface area contributed by atoms with Crippen LogP contribution in [0.15, 0.2) is 36.7 Å². The molecule has 0 atom stereocenters. The first kappa shape index (κ1) is 17.6. The van der Waals surface area contributed by atoms with Crippen molar-refractivity contribution in [2.45, 2.75) is 45.2 Å². The van der Waals surface area contributed by atoms with Crippen LogP contribution in [0.3, 0.4) is 0 Å². The van der Waals surface area contributed by atoms with Gasteiger partial charge in [-0.15, -0.1) is 10.2 Å². The number of piperidine rings is 1. The third-order valence-corrected chi connectivity index (χ3v) is 4.83. The van der Waals surface area contributed by atoms with Crippen molar-refractivity contribution in [3.63, 3.8) is 0 Å². The first-order chi connectivity index (χ1) is 12.3. The van der Waals surface area contributed by atoms with Crippen molar-refractivity contribution < 1.29 is 4.79 Å². The van der Waals surface area contributed by atoms with Crippen LogP contribution >= 0.6 is 0 Å². The van der Waals surface area contributed by atoms with E-state index in [0.717, 1.165) is 44.7 Å². The van der Waals surface area contributed by atoms with Crippen molar-refractivity contribution in [3.05, 3.63) is 48.0 Å². The molecular weight excluding hydrogens is 314 g/mol. The molecule has 1 amide bonds. The molecule has 0 aliphatic carbocycles. The summed E-state index contributed by atoms with van der Waals surface area (Å²) < 4.78 is 1.99. The van der Waals surface area contributed by atoms with Crippen molar-refractivity contribution in [3.8, 4) is 0 Å². The highest BCUT2D eigenvalue weighted by molar-refractivity contribution is 5.77. The minimum absolute atomic E-state index is 0.0595. The maximum absolute atomic E-state index is 12.2. The molecule has 1 aliphatic heterocycles. The summed E-state index contributed by atoms with van der Waals surface area (Å²) >= 11 is 0. The van der Waals surface area contributed by atoms with Crippen molar-refractivity contribution >= 4 is 5.91 Å². The Morgan fingerprint density at radius 1 is 1.24 bits per heavy atom. The van der Waals surface area contributed by atoms with Gasteiger partial charge in [0.1, 0.15) is 6.33 Å². The quantitative estimate of drug-likeness (QED) is 0.838. The Labute approximate surface area is 149 Å². The number of likely N-dealkylation sites (tertiary alicyclic amines) is 1. The number of nitrogens with one attached hydrogen (secondary N) is 1. The zero-order valence-electron chi connectivity index (χ0n) is 14.9. The van der Waals surface area contributed by atoms with Gasteiger partial charge in [0.15, 0.2) is 5.82 Å². The molecule has 6 heteroatoms. The van der Waals surface area contributed by atoms with Crippen LogP contribution in [-0.4, -0.2) is 45.2 Å². The van der Waals surface area contributed by atoms with E-state index in [1.807, 2.05) is 4.57 Å². The lowest BCUT2D eigenvalue weighted by molar-refractivity contribution is -0.122. The standard InChI is InChI=1S/C19H27N5O/c1-2-10-24-15-21-22-18(24)13-20-19(25)14-23-11-8-17(9-12-23)16-6-4-3-5-7-16/h3-7,15,17H,2,8-14H2,1H3,(H,20,25). The average molecular weight is 341 g/mol. The molecule has 0 saturated carbocycles. The molecule has 3 rings (SSSR count). The molecule has 0 spiro atoms. The zero-order chi connectivity index (χ0) is 17.5. The zero-order valence-corrected chi connectivity index (χ0v) is 14.9. The third-order valence-electron chi connectivity index (χ3n) is 4.83. The molecule has 134 valence electrons. The van der Waals surface area contributed by atoms with Gasteiger partial charge in [0, 0.05) is 6.54 Å². The van der Waals surface area contributed by atoms with E-state index < -0.39 is 0 Å². The molecule has 1 aliphatic rings. The van der Waals surface area contributed by atoms with Gasteiger partial charge in [0.2, 0.25) is 5.91 Å². The number of nitrogens with zero attached hydrogens (tertiary/aromatic N) is 4. The van der Waals surface area contributed by atoms with E-state index in [9.17, 15) is 4.79 Å². The molecule has 0 radical (unpaired) electrons. The van der Waals surface area contributed by atoms with Gasteiger partial charge in [-0.25, -0.2) is 0 Å². The molecule has 6 nitrogen and oxygen atoms in total. The number of rotatable bonds is 7. The molecule has 2 aromatic rings. The fourth-order valence-corrected chi connectivity index (χ4v) is 3.43. The third kappa shape index (κ3) is 4.89. The monoisotopic (exact) mass is 341 g/mol. The molecule has 2 heterocycles. The number of aryl methyl sites for hydroxylation is 1. The lowest BCUT2D eigenvalue weighted by Gasteiger charge is -2.31. The van der Waals surface area contributed by atoms with Gasteiger partial charge in [0.25, 0.3) is 0 Å². The number of benzene rings is 1. The van der Waals surface area contributed by atoms with E-state index in [1.54, 1.807) is 6.33 Å². The second-order valence-electron chi connectivity index (χ2n) is 6.68. The number of amides is 1. The van der Waals surface area contributed by atoms with Crippen LogP contribution in [0.4, 0.5) is 0 Å². The summed E-state index contributed by atoms with van der Waals surface area (Å²) in [5.41, 5.74) is 1.42. The maximum Gasteiger partial charge on any atom is 0.234 e. The summed E-state index contributed by atoms with van der Waals surface area (Å²) in [7, 11) is 0. The number of aromatic nitrogens is 3. The Morgan fingerprint density at radius 2 is 2.00 bits per heavy atom. The van der Waals surface area contributed by atoms with Gasteiger partial charge < -0.3 is 9.88 Å². The van der Waals surface area contributed by atoms with Gasteiger partial charge in [0.05, 0.1) is 13.1 Å². The van der Waals surface area contributed by atoms with Crippen molar-refractivity contribution in [1.82, 2.24) is 25.0 Å². The van der Waals surface area contributed by atoms with E-state index >= 15 is 0 Å². The Bertz CT molecular complexity index is 661. The maximum atomic E-state index is 12.2. The van der Waals surface area contributed by atoms with Gasteiger partial charge in [-0.2, -0.15) is 0 Å². The van der Waals surface area contributed by atoms with Crippen LogP contribution in [0.5, 0.6) is 0 Å². The van der Waals surface area contributed by atoms with Crippen LogP contribution in [-0.2, 0) is 17.9 Å². The molecule has 1 aromatic heterocycles. The van der Waals surface area contributed by atoms with E-state index in [0.29, 0.717) is 19.0 Å². The molecular formula is C19H27N5O. The Kier molecular flexibility index (Phi) is 6.17.